The summed E-state index contributed by atoms with van der Waals surface area (Å²) in [7, 11) is 1.72. The van der Waals surface area contributed by atoms with Crippen LogP contribution < -0.4 is 0 Å². The Kier molecular flexibility index (Phi) is 4.72. The van der Waals surface area contributed by atoms with Crippen molar-refractivity contribution in [2.45, 2.75) is 63.4 Å². The number of aliphatic carboxylic acids is 1. The number of carbonyl (C=O) groups is 1. The molecule has 0 aromatic heterocycles. The van der Waals surface area contributed by atoms with Crippen LogP contribution in [0.5, 0.6) is 0 Å². The summed E-state index contributed by atoms with van der Waals surface area (Å²) in [6.07, 6.45) is 5.49. The van der Waals surface area contributed by atoms with Crippen molar-refractivity contribution in [1.82, 2.24) is 0 Å². The Morgan fingerprint density at radius 2 is 1.76 bits per heavy atom. The van der Waals surface area contributed by atoms with Gasteiger partial charge in [0.1, 0.15) is 0 Å². The van der Waals surface area contributed by atoms with Crippen molar-refractivity contribution < 1.29 is 14.6 Å². The minimum Gasteiger partial charge on any atom is -0.481 e. The standard InChI is InChI=1S/C18H26O3/c1-17(2,21-3)13-14-7-9-15(10-8-14)18(16(19)20)11-5-4-6-12-18/h7-10H,4-6,11-13H2,1-3H3,(H,19,20). The highest BCUT2D eigenvalue weighted by Crippen LogP contribution is 2.39. The highest BCUT2D eigenvalue weighted by Gasteiger charge is 2.41. The van der Waals surface area contributed by atoms with Gasteiger partial charge in [0.05, 0.1) is 11.0 Å². The van der Waals surface area contributed by atoms with Gasteiger partial charge >= 0.3 is 5.97 Å². The summed E-state index contributed by atoms with van der Waals surface area (Å²) >= 11 is 0. The Labute approximate surface area is 127 Å². The molecule has 0 spiro atoms. The summed E-state index contributed by atoms with van der Waals surface area (Å²) in [4.78, 5) is 11.8. The number of hydrogen-bond acceptors (Lipinski definition) is 2. The van der Waals surface area contributed by atoms with E-state index in [0.717, 1.165) is 44.1 Å². The molecule has 0 radical (unpaired) electrons. The molecule has 0 aliphatic heterocycles. The first-order valence-electron chi connectivity index (χ1n) is 7.78. The number of ether oxygens (including phenoxy) is 1. The van der Waals surface area contributed by atoms with Crippen molar-refractivity contribution in [3.05, 3.63) is 35.4 Å². The summed E-state index contributed by atoms with van der Waals surface area (Å²) in [6, 6.07) is 8.10. The lowest BCUT2D eigenvalue weighted by atomic mass is 9.69. The van der Waals surface area contributed by atoms with Gasteiger partial charge in [-0.3, -0.25) is 4.79 Å². The second kappa shape index (κ2) is 6.18. The van der Waals surface area contributed by atoms with E-state index < -0.39 is 11.4 Å². The molecule has 0 amide bonds. The topological polar surface area (TPSA) is 46.5 Å². The Morgan fingerprint density at radius 1 is 1.19 bits per heavy atom. The second-order valence-electron chi connectivity index (χ2n) is 6.79. The maximum atomic E-state index is 11.8. The van der Waals surface area contributed by atoms with Crippen LogP contribution in [0.3, 0.4) is 0 Å². The fourth-order valence-electron chi connectivity index (χ4n) is 3.29. The Bertz CT molecular complexity index is 482. The first kappa shape index (κ1) is 16.0. The summed E-state index contributed by atoms with van der Waals surface area (Å²) in [6.45, 7) is 4.11. The molecule has 1 aliphatic carbocycles. The third kappa shape index (κ3) is 3.46. The first-order valence-corrected chi connectivity index (χ1v) is 7.78. The highest BCUT2D eigenvalue weighted by molar-refractivity contribution is 5.81. The van der Waals surface area contributed by atoms with E-state index in [9.17, 15) is 9.90 Å². The molecule has 1 aliphatic rings. The van der Waals surface area contributed by atoms with Crippen molar-refractivity contribution in [2.75, 3.05) is 7.11 Å². The summed E-state index contributed by atoms with van der Waals surface area (Å²) < 4.78 is 5.45. The largest absolute Gasteiger partial charge is 0.481 e. The van der Waals surface area contributed by atoms with Crippen molar-refractivity contribution in [3.8, 4) is 0 Å². The lowest BCUT2D eigenvalue weighted by Gasteiger charge is -2.34. The molecule has 3 nitrogen and oxygen atoms in total. The molecule has 0 unspecified atom stereocenters. The van der Waals surface area contributed by atoms with E-state index in [-0.39, 0.29) is 5.60 Å². The molecule has 0 heterocycles. The van der Waals surface area contributed by atoms with Gasteiger partial charge in [-0.25, -0.2) is 0 Å². The van der Waals surface area contributed by atoms with E-state index in [1.807, 2.05) is 12.1 Å². The zero-order valence-corrected chi connectivity index (χ0v) is 13.3. The number of carboxylic acids is 1. The van der Waals surface area contributed by atoms with E-state index in [2.05, 4.69) is 26.0 Å². The van der Waals surface area contributed by atoms with Crippen LogP contribution in [0.4, 0.5) is 0 Å². The van der Waals surface area contributed by atoms with Gasteiger partial charge in [0.15, 0.2) is 0 Å². The summed E-state index contributed by atoms with van der Waals surface area (Å²) in [5.41, 5.74) is 1.26. The van der Waals surface area contributed by atoms with E-state index in [1.165, 1.54) is 5.56 Å². The van der Waals surface area contributed by atoms with Crippen LogP contribution >= 0.6 is 0 Å². The maximum absolute atomic E-state index is 11.8. The molecular weight excluding hydrogens is 264 g/mol. The minimum absolute atomic E-state index is 0.198. The first-order chi connectivity index (χ1) is 9.89. The van der Waals surface area contributed by atoms with Gasteiger partial charge in [0, 0.05) is 13.5 Å². The quantitative estimate of drug-likeness (QED) is 0.893. The van der Waals surface area contributed by atoms with Crippen molar-refractivity contribution in [3.63, 3.8) is 0 Å². The number of benzene rings is 1. The predicted molar refractivity (Wildman–Crippen MR) is 83.6 cm³/mol. The van der Waals surface area contributed by atoms with Crippen LogP contribution in [0, 0.1) is 0 Å². The van der Waals surface area contributed by atoms with E-state index in [4.69, 9.17) is 4.74 Å². The Morgan fingerprint density at radius 3 is 2.24 bits per heavy atom. The van der Waals surface area contributed by atoms with Gasteiger partial charge in [0.2, 0.25) is 0 Å². The lowest BCUT2D eigenvalue weighted by molar-refractivity contribution is -0.145. The fraction of sp³-hybridized carbons (Fsp3) is 0.611. The second-order valence-corrected chi connectivity index (χ2v) is 6.79. The Hall–Kier alpha value is -1.35. The molecule has 21 heavy (non-hydrogen) atoms. The Balaban J connectivity index is 2.22. The molecule has 1 aromatic rings. The molecule has 116 valence electrons. The fourth-order valence-corrected chi connectivity index (χ4v) is 3.29. The number of methoxy groups -OCH3 is 1. The average Bonchev–Trinajstić information content (AvgIpc) is 2.48. The number of hydrogen-bond donors (Lipinski definition) is 1. The molecule has 1 aromatic carbocycles. The minimum atomic E-state index is -0.674. The molecule has 1 fully saturated rings. The molecule has 3 heteroatoms. The van der Waals surface area contributed by atoms with Crippen molar-refractivity contribution >= 4 is 5.97 Å². The molecule has 0 saturated heterocycles. The SMILES string of the molecule is COC(C)(C)Cc1ccc(C2(C(=O)O)CCCCC2)cc1. The van der Waals surface area contributed by atoms with Crippen LogP contribution in [0.1, 0.15) is 57.1 Å². The van der Waals surface area contributed by atoms with Crippen molar-refractivity contribution in [2.24, 2.45) is 0 Å². The van der Waals surface area contributed by atoms with Gasteiger partial charge in [-0.15, -0.1) is 0 Å². The van der Waals surface area contributed by atoms with Gasteiger partial charge in [-0.05, 0) is 37.8 Å². The molecule has 1 N–H and O–H groups in total. The van der Waals surface area contributed by atoms with Crippen LogP contribution in [-0.2, 0) is 21.4 Å². The third-order valence-corrected chi connectivity index (χ3v) is 4.81. The lowest BCUT2D eigenvalue weighted by Crippen LogP contribution is -2.37. The number of rotatable bonds is 5. The van der Waals surface area contributed by atoms with Crippen LogP contribution in [0.15, 0.2) is 24.3 Å². The summed E-state index contributed by atoms with van der Waals surface area (Å²) in [5, 5.41) is 9.72. The van der Waals surface area contributed by atoms with Crippen LogP contribution in [0.25, 0.3) is 0 Å². The van der Waals surface area contributed by atoms with Gasteiger partial charge in [0.25, 0.3) is 0 Å². The molecule has 2 rings (SSSR count). The molecule has 1 saturated carbocycles. The average molecular weight is 290 g/mol. The normalized spacial score (nSPS) is 18.4. The maximum Gasteiger partial charge on any atom is 0.314 e. The van der Waals surface area contributed by atoms with E-state index >= 15 is 0 Å². The van der Waals surface area contributed by atoms with Crippen LogP contribution in [-0.4, -0.2) is 23.8 Å². The smallest absolute Gasteiger partial charge is 0.314 e. The zero-order valence-electron chi connectivity index (χ0n) is 13.3. The zero-order chi connectivity index (χ0) is 15.5. The van der Waals surface area contributed by atoms with Gasteiger partial charge < -0.3 is 9.84 Å². The number of carboxylic acid groups (broad SMARTS) is 1. The molecular formula is C18H26O3. The van der Waals surface area contributed by atoms with E-state index in [1.54, 1.807) is 7.11 Å². The van der Waals surface area contributed by atoms with Crippen LogP contribution in [0.2, 0.25) is 0 Å². The third-order valence-electron chi connectivity index (χ3n) is 4.81. The monoisotopic (exact) mass is 290 g/mol. The van der Waals surface area contributed by atoms with Gasteiger partial charge in [-0.1, -0.05) is 43.5 Å². The highest BCUT2D eigenvalue weighted by atomic mass is 16.5. The predicted octanol–water partition coefficient (Wildman–Crippen LogP) is 3.94. The summed E-state index contributed by atoms with van der Waals surface area (Å²) in [5.74, 6) is -0.674. The van der Waals surface area contributed by atoms with E-state index in [0.29, 0.717) is 0 Å². The molecule has 0 bridgehead atoms. The van der Waals surface area contributed by atoms with Crippen molar-refractivity contribution in [1.29, 1.82) is 0 Å². The van der Waals surface area contributed by atoms with Gasteiger partial charge in [-0.2, -0.15) is 0 Å². The molecule has 0 atom stereocenters.